The van der Waals surface area contributed by atoms with E-state index in [2.05, 4.69) is 29.6 Å². The van der Waals surface area contributed by atoms with Crippen LogP contribution in [0, 0.1) is 0 Å². The number of nitrogens with zero attached hydrogens (tertiary/aromatic N) is 5. The number of H-pyrrole nitrogens is 1. The SMILES string of the molecule is Nc1ncnc2nc(N=NSCCC(=O)O)[nH]c12. The number of carboxylic acid groups (broad SMARTS) is 1. The molecule has 0 radical (unpaired) electrons. The molecule has 18 heavy (non-hydrogen) atoms. The van der Waals surface area contributed by atoms with Gasteiger partial charge >= 0.3 is 5.97 Å². The van der Waals surface area contributed by atoms with Gasteiger partial charge in [0.2, 0.25) is 5.95 Å². The molecule has 0 saturated heterocycles. The van der Waals surface area contributed by atoms with Gasteiger partial charge in [-0.2, -0.15) is 4.98 Å². The van der Waals surface area contributed by atoms with E-state index in [1.54, 1.807) is 0 Å². The number of nitrogens with two attached hydrogens (primary N) is 1. The Morgan fingerprint density at radius 1 is 1.56 bits per heavy atom. The summed E-state index contributed by atoms with van der Waals surface area (Å²) in [5, 5.41) is 12.2. The Hall–Kier alpha value is -2.23. The molecule has 0 aliphatic carbocycles. The molecule has 0 fully saturated rings. The Bertz CT molecular complexity index is 596. The third kappa shape index (κ3) is 2.91. The van der Waals surface area contributed by atoms with Crippen molar-refractivity contribution in [1.29, 1.82) is 0 Å². The van der Waals surface area contributed by atoms with Crippen LogP contribution in [0.2, 0.25) is 0 Å². The summed E-state index contributed by atoms with van der Waals surface area (Å²) in [7, 11) is 0. The topological polar surface area (TPSA) is 142 Å². The van der Waals surface area contributed by atoms with Gasteiger partial charge in [0.1, 0.15) is 11.8 Å². The van der Waals surface area contributed by atoms with Crippen molar-refractivity contribution in [3.8, 4) is 0 Å². The van der Waals surface area contributed by atoms with Crippen LogP contribution in [0.15, 0.2) is 16.0 Å². The van der Waals surface area contributed by atoms with Gasteiger partial charge in [-0.15, -0.1) is 9.63 Å². The molecule has 0 atom stereocenters. The second kappa shape index (κ2) is 5.40. The number of rotatable bonds is 5. The second-order valence-corrected chi connectivity index (χ2v) is 4.01. The zero-order chi connectivity index (χ0) is 13.0. The molecular formula is C8H9N7O2S. The number of fused-ring (bicyclic) bond motifs is 1. The molecule has 94 valence electrons. The molecule has 0 aliphatic rings. The van der Waals surface area contributed by atoms with E-state index in [9.17, 15) is 4.79 Å². The van der Waals surface area contributed by atoms with Gasteiger partial charge < -0.3 is 15.8 Å². The Kier molecular flexibility index (Phi) is 3.67. The number of carbonyl (C=O) groups is 1. The minimum atomic E-state index is -0.871. The van der Waals surface area contributed by atoms with Gasteiger partial charge in [-0.1, -0.05) is 0 Å². The van der Waals surface area contributed by atoms with E-state index >= 15 is 0 Å². The van der Waals surface area contributed by atoms with Crippen molar-refractivity contribution < 1.29 is 9.90 Å². The molecule has 0 bridgehead atoms. The predicted molar refractivity (Wildman–Crippen MR) is 65.3 cm³/mol. The molecule has 2 aromatic rings. The number of hydrogen-bond donors (Lipinski definition) is 3. The van der Waals surface area contributed by atoms with Gasteiger partial charge in [0.15, 0.2) is 11.5 Å². The van der Waals surface area contributed by atoms with Crippen molar-refractivity contribution in [3.05, 3.63) is 6.33 Å². The number of aliphatic carboxylic acids is 1. The first kappa shape index (κ1) is 12.2. The number of nitrogens with one attached hydrogen (secondary N) is 1. The molecule has 2 aromatic heterocycles. The standard InChI is InChI=1S/C8H9N7O2S/c9-6-5-7(11-3-10-6)13-8(12-5)14-15-18-2-1-4(16)17/h3H,1-2H2,(H,16,17)(H3,9,10,11,12,13). The maximum atomic E-state index is 10.3. The molecule has 4 N–H and O–H groups in total. The van der Waals surface area contributed by atoms with Crippen molar-refractivity contribution >= 4 is 40.8 Å². The average molecular weight is 267 g/mol. The van der Waals surface area contributed by atoms with Crippen LogP contribution < -0.4 is 5.73 Å². The van der Waals surface area contributed by atoms with E-state index in [4.69, 9.17) is 10.8 Å². The van der Waals surface area contributed by atoms with E-state index in [0.717, 1.165) is 11.9 Å². The van der Waals surface area contributed by atoms with Crippen LogP contribution >= 0.6 is 11.9 Å². The quantitative estimate of drug-likeness (QED) is 0.418. The fourth-order valence-electron chi connectivity index (χ4n) is 1.12. The molecule has 0 aromatic carbocycles. The van der Waals surface area contributed by atoms with E-state index < -0.39 is 5.97 Å². The lowest BCUT2D eigenvalue weighted by Crippen LogP contribution is -1.94. The number of aromatic amines is 1. The van der Waals surface area contributed by atoms with Crippen molar-refractivity contribution in [1.82, 2.24) is 19.9 Å². The normalized spacial score (nSPS) is 11.3. The van der Waals surface area contributed by atoms with E-state index in [-0.39, 0.29) is 18.2 Å². The Balaban J connectivity index is 2.01. The van der Waals surface area contributed by atoms with E-state index in [1.165, 1.54) is 6.33 Å². The lowest BCUT2D eigenvalue weighted by atomic mass is 10.5. The zero-order valence-electron chi connectivity index (χ0n) is 9.07. The molecule has 0 aliphatic heterocycles. The predicted octanol–water partition coefficient (Wildman–Crippen LogP) is 1.14. The summed E-state index contributed by atoms with van der Waals surface area (Å²) >= 11 is 1.04. The van der Waals surface area contributed by atoms with Gasteiger partial charge in [0.25, 0.3) is 0 Å². The molecule has 0 unspecified atom stereocenters. The van der Waals surface area contributed by atoms with Crippen LogP contribution in [0.1, 0.15) is 6.42 Å². The van der Waals surface area contributed by atoms with Crippen LogP contribution in [0.3, 0.4) is 0 Å². The maximum Gasteiger partial charge on any atom is 0.304 e. The highest BCUT2D eigenvalue weighted by atomic mass is 32.2. The van der Waals surface area contributed by atoms with Crippen molar-refractivity contribution in [3.63, 3.8) is 0 Å². The third-order valence-electron chi connectivity index (χ3n) is 1.91. The number of hydrogen-bond acceptors (Lipinski definition) is 8. The number of anilines is 1. The number of aromatic nitrogens is 4. The Morgan fingerprint density at radius 3 is 3.11 bits per heavy atom. The first-order valence-electron chi connectivity index (χ1n) is 4.88. The monoisotopic (exact) mass is 267 g/mol. The molecule has 2 rings (SSSR count). The zero-order valence-corrected chi connectivity index (χ0v) is 9.89. The Morgan fingerprint density at radius 2 is 2.39 bits per heavy atom. The smallest absolute Gasteiger partial charge is 0.304 e. The van der Waals surface area contributed by atoms with Crippen LogP contribution in [-0.2, 0) is 4.79 Å². The lowest BCUT2D eigenvalue weighted by molar-refractivity contribution is -0.136. The summed E-state index contributed by atoms with van der Waals surface area (Å²) in [5.41, 5.74) is 6.53. The maximum absolute atomic E-state index is 10.3. The first-order chi connectivity index (χ1) is 8.66. The summed E-state index contributed by atoms with van der Waals surface area (Å²) < 4.78 is 3.73. The fourth-order valence-corrected chi connectivity index (χ4v) is 1.61. The molecular weight excluding hydrogens is 258 g/mol. The van der Waals surface area contributed by atoms with Gasteiger partial charge in [0.05, 0.1) is 6.42 Å². The number of carboxylic acids is 1. The van der Waals surface area contributed by atoms with Crippen molar-refractivity contribution in [2.24, 2.45) is 9.63 Å². The van der Waals surface area contributed by atoms with Gasteiger partial charge in [-0.05, 0) is 11.9 Å². The second-order valence-electron chi connectivity index (χ2n) is 3.18. The summed E-state index contributed by atoms with van der Waals surface area (Å²) in [6.07, 6.45) is 1.34. The largest absolute Gasteiger partial charge is 0.481 e. The molecule has 0 amide bonds. The summed E-state index contributed by atoms with van der Waals surface area (Å²) in [6, 6.07) is 0. The molecule has 10 heteroatoms. The highest BCUT2D eigenvalue weighted by Gasteiger charge is 2.06. The molecule has 0 saturated carbocycles. The summed E-state index contributed by atoms with van der Waals surface area (Å²) in [4.78, 5) is 24.8. The van der Waals surface area contributed by atoms with E-state index in [1.807, 2.05) is 0 Å². The highest BCUT2D eigenvalue weighted by molar-refractivity contribution is 7.97. The van der Waals surface area contributed by atoms with Gasteiger partial charge in [-0.3, -0.25) is 4.79 Å². The van der Waals surface area contributed by atoms with E-state index in [0.29, 0.717) is 16.9 Å². The molecule has 2 heterocycles. The van der Waals surface area contributed by atoms with Crippen LogP contribution in [-0.4, -0.2) is 36.8 Å². The van der Waals surface area contributed by atoms with Crippen LogP contribution in [0.25, 0.3) is 11.2 Å². The summed E-state index contributed by atoms with van der Waals surface area (Å²) in [6.45, 7) is 0. The van der Waals surface area contributed by atoms with Gasteiger partial charge in [-0.25, -0.2) is 9.97 Å². The van der Waals surface area contributed by atoms with Crippen LogP contribution in [0.4, 0.5) is 11.8 Å². The van der Waals surface area contributed by atoms with Gasteiger partial charge in [0, 0.05) is 5.75 Å². The minimum Gasteiger partial charge on any atom is -0.481 e. The third-order valence-corrected chi connectivity index (χ3v) is 2.49. The number of nitrogen functional groups attached to an aromatic ring is 1. The first-order valence-corrected chi connectivity index (χ1v) is 5.82. The molecule has 9 nitrogen and oxygen atoms in total. The average Bonchev–Trinajstić information content (AvgIpc) is 2.72. The summed E-state index contributed by atoms with van der Waals surface area (Å²) in [5.74, 6) is 0.0121. The van der Waals surface area contributed by atoms with Crippen molar-refractivity contribution in [2.75, 3.05) is 11.5 Å². The number of imidazole rings is 1. The lowest BCUT2D eigenvalue weighted by Gasteiger charge is -1.89. The van der Waals surface area contributed by atoms with Crippen LogP contribution in [0.5, 0.6) is 0 Å². The Labute approximate surface area is 105 Å². The minimum absolute atomic E-state index is 0.0300. The highest BCUT2D eigenvalue weighted by Crippen LogP contribution is 2.19. The molecule has 0 spiro atoms. The fraction of sp³-hybridized carbons (Fsp3) is 0.250. The van der Waals surface area contributed by atoms with Crippen molar-refractivity contribution in [2.45, 2.75) is 6.42 Å².